The van der Waals surface area contributed by atoms with E-state index >= 15 is 0 Å². The van der Waals surface area contributed by atoms with E-state index < -0.39 is 39.9 Å². The van der Waals surface area contributed by atoms with Gasteiger partial charge in [0.15, 0.2) is 0 Å². The molecule has 0 aliphatic heterocycles. The van der Waals surface area contributed by atoms with Crippen LogP contribution in [-0.4, -0.2) is 42.1 Å². The second-order valence-corrected chi connectivity index (χ2v) is 4.26. The number of carboxylic acid groups (broad SMARTS) is 2. The van der Waals surface area contributed by atoms with Gasteiger partial charge < -0.3 is 10.2 Å². The van der Waals surface area contributed by atoms with Crippen molar-refractivity contribution in [3.63, 3.8) is 0 Å². The predicted octanol–water partition coefficient (Wildman–Crippen LogP) is -0.646. The van der Waals surface area contributed by atoms with Crippen LogP contribution < -0.4 is 4.72 Å². The van der Waals surface area contributed by atoms with E-state index in [1.807, 2.05) is 0 Å². The van der Waals surface area contributed by atoms with Crippen LogP contribution in [-0.2, 0) is 19.6 Å². The first kappa shape index (κ1) is 14.6. The summed E-state index contributed by atoms with van der Waals surface area (Å²) in [4.78, 5) is 20.4. The highest BCUT2D eigenvalue weighted by atomic mass is 32.2. The van der Waals surface area contributed by atoms with Crippen molar-refractivity contribution in [2.45, 2.75) is 18.0 Å². The van der Waals surface area contributed by atoms with E-state index in [2.05, 4.69) is 0 Å². The topological polar surface area (TPSA) is 121 Å². The van der Waals surface area contributed by atoms with Gasteiger partial charge in [-0.3, -0.25) is 9.59 Å². The highest BCUT2D eigenvalue weighted by Crippen LogP contribution is 2.22. The molecule has 11 heteroatoms. The summed E-state index contributed by atoms with van der Waals surface area (Å²) in [5, 5.41) is 16.4. The van der Waals surface area contributed by atoms with Crippen molar-refractivity contribution in [3.8, 4) is 0 Å². The number of alkyl halides is 3. The summed E-state index contributed by atoms with van der Waals surface area (Å²) in [6, 6.07) is -2.37. The summed E-state index contributed by atoms with van der Waals surface area (Å²) in [6.45, 7) is 0. The maximum atomic E-state index is 11.8. The number of rotatable bonds is 5. The number of hydrogen-bond donors (Lipinski definition) is 3. The number of nitrogens with one attached hydrogen (secondary N) is 1. The largest absolute Gasteiger partial charge is 0.511 e. The lowest BCUT2D eigenvalue weighted by atomic mass is 10.2. The Labute approximate surface area is 86.9 Å². The molecule has 0 heterocycles. The molecule has 0 unspecified atom stereocenters. The highest BCUT2D eigenvalue weighted by Gasteiger charge is 2.48. The van der Waals surface area contributed by atoms with Crippen LogP contribution in [0, 0.1) is 0 Å². The minimum absolute atomic E-state index is 0.731. The minimum Gasteiger partial charge on any atom is -0.481 e. The maximum Gasteiger partial charge on any atom is 0.511 e. The first-order valence-electron chi connectivity index (χ1n) is 3.50. The van der Waals surface area contributed by atoms with Gasteiger partial charge in [-0.05, 0) is 0 Å². The quantitative estimate of drug-likeness (QED) is 0.607. The Kier molecular flexibility index (Phi) is 4.26. The van der Waals surface area contributed by atoms with E-state index in [1.165, 1.54) is 0 Å². The number of carboxylic acids is 2. The Balaban J connectivity index is 4.91. The summed E-state index contributed by atoms with van der Waals surface area (Å²) in [5.41, 5.74) is -5.70. The van der Waals surface area contributed by atoms with Crippen molar-refractivity contribution in [2.75, 3.05) is 0 Å². The fraction of sp³-hybridized carbons (Fsp3) is 0.600. The molecule has 0 saturated heterocycles. The van der Waals surface area contributed by atoms with E-state index in [1.54, 1.807) is 0 Å². The Morgan fingerprint density at radius 3 is 1.94 bits per heavy atom. The Morgan fingerprint density at radius 1 is 1.25 bits per heavy atom. The molecule has 0 aromatic carbocycles. The molecule has 1 atom stereocenters. The molecule has 0 amide bonds. The van der Waals surface area contributed by atoms with Crippen molar-refractivity contribution >= 4 is 22.0 Å². The van der Waals surface area contributed by atoms with Crippen LogP contribution in [0.4, 0.5) is 13.2 Å². The maximum absolute atomic E-state index is 11.8. The third kappa shape index (κ3) is 4.02. The van der Waals surface area contributed by atoms with Gasteiger partial charge in [0.1, 0.15) is 6.04 Å². The molecule has 0 aromatic rings. The smallest absolute Gasteiger partial charge is 0.481 e. The molecule has 0 spiro atoms. The molecule has 0 aliphatic carbocycles. The molecule has 0 aromatic heterocycles. The molecule has 16 heavy (non-hydrogen) atoms. The minimum atomic E-state index is -5.88. The van der Waals surface area contributed by atoms with Gasteiger partial charge >= 0.3 is 27.5 Å². The Hall–Kier alpha value is -1.36. The fourth-order valence-electron chi connectivity index (χ4n) is 0.608. The van der Waals surface area contributed by atoms with Crippen LogP contribution in [0.25, 0.3) is 0 Å². The van der Waals surface area contributed by atoms with Crippen LogP contribution in [0.5, 0.6) is 0 Å². The van der Waals surface area contributed by atoms with Crippen molar-refractivity contribution in [3.05, 3.63) is 0 Å². The predicted molar refractivity (Wildman–Crippen MR) is 41.8 cm³/mol. The second kappa shape index (κ2) is 4.65. The van der Waals surface area contributed by atoms with Gasteiger partial charge in [-0.25, -0.2) is 8.42 Å². The van der Waals surface area contributed by atoms with Gasteiger partial charge in [-0.15, -0.1) is 0 Å². The number of sulfonamides is 1. The lowest BCUT2D eigenvalue weighted by Gasteiger charge is -2.14. The molecule has 7 nitrogen and oxygen atoms in total. The molecule has 0 aliphatic rings. The number of halogens is 3. The number of hydrogen-bond acceptors (Lipinski definition) is 4. The summed E-state index contributed by atoms with van der Waals surface area (Å²) in [6.07, 6.45) is -1.30. The zero-order chi connectivity index (χ0) is 13.1. The third-order valence-corrected chi connectivity index (χ3v) is 2.48. The van der Waals surface area contributed by atoms with Crippen molar-refractivity contribution in [1.82, 2.24) is 4.72 Å². The van der Waals surface area contributed by atoms with Crippen LogP contribution in [0.1, 0.15) is 6.42 Å². The molecule has 94 valence electrons. The zero-order valence-corrected chi connectivity index (χ0v) is 8.17. The number of carbonyl (C=O) groups is 2. The second-order valence-electron chi connectivity index (χ2n) is 2.56. The van der Waals surface area contributed by atoms with Gasteiger partial charge in [-0.1, -0.05) is 0 Å². The van der Waals surface area contributed by atoms with E-state index in [0.29, 0.717) is 0 Å². The van der Waals surface area contributed by atoms with E-state index in [4.69, 9.17) is 10.2 Å². The van der Waals surface area contributed by atoms with E-state index in [0.717, 1.165) is 4.72 Å². The van der Waals surface area contributed by atoms with Gasteiger partial charge in [0, 0.05) is 0 Å². The molecule has 0 saturated carbocycles. The fourth-order valence-corrected chi connectivity index (χ4v) is 1.30. The Morgan fingerprint density at radius 2 is 1.69 bits per heavy atom. The summed E-state index contributed by atoms with van der Waals surface area (Å²) in [7, 11) is -5.88. The van der Waals surface area contributed by atoms with Crippen molar-refractivity contribution in [1.29, 1.82) is 0 Å². The molecule has 0 radical (unpaired) electrons. The van der Waals surface area contributed by atoms with Crippen LogP contribution in [0.15, 0.2) is 0 Å². The van der Waals surface area contributed by atoms with Gasteiger partial charge in [0.05, 0.1) is 6.42 Å². The first-order valence-corrected chi connectivity index (χ1v) is 4.99. The van der Waals surface area contributed by atoms with E-state index in [-0.39, 0.29) is 0 Å². The Bertz CT molecular complexity index is 387. The lowest BCUT2D eigenvalue weighted by molar-refractivity contribution is -0.145. The molecule has 3 N–H and O–H groups in total. The summed E-state index contributed by atoms with van der Waals surface area (Å²) >= 11 is 0. The SMILES string of the molecule is O=C(O)C[C@H](NS(=O)(=O)C(F)(F)F)C(=O)O. The third-order valence-electron chi connectivity index (χ3n) is 1.28. The average Bonchev–Trinajstić information content (AvgIpc) is 1.98. The van der Waals surface area contributed by atoms with Gasteiger partial charge in [0.2, 0.25) is 0 Å². The molecule has 0 fully saturated rings. The normalized spacial score (nSPS) is 14.4. The standard InChI is InChI=1S/C5H6F3NO6S/c6-5(7,8)16(14,15)9-2(4(12)13)1-3(10)11/h2,9H,1H2,(H,10,11)(H,12,13)/t2-/m0/s1. The zero-order valence-electron chi connectivity index (χ0n) is 7.35. The van der Waals surface area contributed by atoms with Crippen LogP contribution >= 0.6 is 0 Å². The monoisotopic (exact) mass is 265 g/mol. The lowest BCUT2D eigenvalue weighted by Crippen LogP contribution is -2.47. The summed E-state index contributed by atoms with van der Waals surface area (Å²) < 4.78 is 57.1. The molecule has 0 bridgehead atoms. The van der Waals surface area contributed by atoms with Gasteiger partial charge in [-0.2, -0.15) is 17.9 Å². The summed E-state index contributed by atoms with van der Waals surface area (Å²) in [5.74, 6) is -3.77. The number of aliphatic carboxylic acids is 2. The molecular formula is C5H6F3NO6S. The van der Waals surface area contributed by atoms with E-state index in [9.17, 15) is 31.2 Å². The highest BCUT2D eigenvalue weighted by molar-refractivity contribution is 7.90. The van der Waals surface area contributed by atoms with Crippen molar-refractivity contribution < 1.29 is 41.4 Å². The molecule has 0 rings (SSSR count). The van der Waals surface area contributed by atoms with Crippen LogP contribution in [0.3, 0.4) is 0 Å². The van der Waals surface area contributed by atoms with Crippen LogP contribution in [0.2, 0.25) is 0 Å². The first-order chi connectivity index (χ1) is 6.97. The van der Waals surface area contributed by atoms with Gasteiger partial charge in [0.25, 0.3) is 0 Å². The average molecular weight is 265 g/mol. The van der Waals surface area contributed by atoms with Crippen molar-refractivity contribution in [2.24, 2.45) is 0 Å². The molecular weight excluding hydrogens is 259 g/mol.